The number of hydrogen-bond acceptors (Lipinski definition) is 2. The maximum absolute atomic E-state index is 3.83. The van der Waals surface area contributed by atoms with E-state index >= 15 is 0 Å². The van der Waals surface area contributed by atoms with E-state index in [4.69, 9.17) is 0 Å². The van der Waals surface area contributed by atoms with Gasteiger partial charge in [-0.15, -0.1) is 0 Å². The number of fused-ring (bicyclic) bond motifs is 1. The number of nitrogens with one attached hydrogen (secondary N) is 1. The summed E-state index contributed by atoms with van der Waals surface area (Å²) in [5, 5.41) is 4.60. The maximum atomic E-state index is 3.83. The Morgan fingerprint density at radius 3 is 2.76 bits per heavy atom. The molecule has 1 saturated carbocycles. The summed E-state index contributed by atoms with van der Waals surface area (Å²) in [7, 11) is 0. The van der Waals surface area contributed by atoms with Crippen LogP contribution in [0.3, 0.4) is 0 Å². The average Bonchev–Trinajstić information content (AvgIpc) is 3.04. The van der Waals surface area contributed by atoms with Crippen molar-refractivity contribution < 1.29 is 0 Å². The highest BCUT2D eigenvalue weighted by Gasteiger charge is 2.30. The minimum absolute atomic E-state index is 0.571. The van der Waals surface area contributed by atoms with Crippen LogP contribution in [-0.2, 0) is 6.42 Å². The minimum Gasteiger partial charge on any atom is -0.309 e. The van der Waals surface area contributed by atoms with Crippen LogP contribution in [0.1, 0.15) is 62.6 Å². The molecule has 21 heavy (non-hydrogen) atoms. The molecule has 1 N–H and O–H groups in total. The molecule has 1 aromatic rings. The fourth-order valence-corrected chi connectivity index (χ4v) is 5.46. The summed E-state index contributed by atoms with van der Waals surface area (Å²) in [5.41, 5.74) is 3.14. The van der Waals surface area contributed by atoms with E-state index in [1.807, 2.05) is 0 Å². The molecule has 0 spiro atoms. The van der Waals surface area contributed by atoms with Gasteiger partial charge in [-0.25, -0.2) is 0 Å². The lowest BCUT2D eigenvalue weighted by Gasteiger charge is -2.34. The van der Waals surface area contributed by atoms with Gasteiger partial charge in [-0.2, -0.15) is 11.8 Å². The molecular formula is C19H29NS. The molecule has 2 aliphatic carbocycles. The predicted molar refractivity (Wildman–Crippen MR) is 94.0 cm³/mol. The predicted octanol–water partition coefficient (Wildman–Crippen LogP) is 4.97. The lowest BCUT2D eigenvalue weighted by atomic mass is 9.87. The van der Waals surface area contributed by atoms with Gasteiger partial charge in [-0.3, -0.25) is 0 Å². The number of benzene rings is 1. The van der Waals surface area contributed by atoms with Crippen LogP contribution in [0.5, 0.6) is 0 Å². The molecule has 116 valence electrons. The van der Waals surface area contributed by atoms with Crippen LogP contribution in [0.25, 0.3) is 0 Å². The quantitative estimate of drug-likeness (QED) is 0.796. The average molecular weight is 304 g/mol. The Morgan fingerprint density at radius 2 is 1.95 bits per heavy atom. The van der Waals surface area contributed by atoms with Crippen LogP contribution in [0.15, 0.2) is 24.3 Å². The van der Waals surface area contributed by atoms with Gasteiger partial charge >= 0.3 is 0 Å². The van der Waals surface area contributed by atoms with Crippen molar-refractivity contribution >= 4 is 11.8 Å². The molecule has 0 saturated heterocycles. The second-order valence-electron chi connectivity index (χ2n) is 6.69. The van der Waals surface area contributed by atoms with Gasteiger partial charge in [0.15, 0.2) is 0 Å². The monoisotopic (exact) mass is 303 g/mol. The molecule has 2 heteroatoms. The van der Waals surface area contributed by atoms with Crippen molar-refractivity contribution in [1.82, 2.24) is 5.32 Å². The summed E-state index contributed by atoms with van der Waals surface area (Å²) in [6.07, 6.45) is 9.72. The Balaban J connectivity index is 1.66. The molecule has 3 rings (SSSR count). The Hall–Kier alpha value is -0.470. The van der Waals surface area contributed by atoms with Crippen LogP contribution < -0.4 is 5.32 Å². The molecule has 0 aromatic heterocycles. The molecule has 0 heterocycles. The number of hydrogen-bond donors (Lipinski definition) is 1. The zero-order chi connectivity index (χ0) is 14.5. The highest BCUT2D eigenvalue weighted by atomic mass is 32.2. The second-order valence-corrected chi connectivity index (χ2v) is 7.96. The summed E-state index contributed by atoms with van der Waals surface area (Å²) in [6, 6.07) is 9.66. The van der Waals surface area contributed by atoms with Crippen molar-refractivity contribution in [2.45, 2.75) is 63.2 Å². The van der Waals surface area contributed by atoms with Gasteiger partial charge in [0.05, 0.1) is 0 Å². The molecule has 2 atom stereocenters. The Kier molecular flexibility index (Phi) is 5.65. The molecular weight excluding hydrogens is 274 g/mol. The summed E-state index contributed by atoms with van der Waals surface area (Å²) in [5.74, 6) is 2.39. The highest BCUT2D eigenvalue weighted by molar-refractivity contribution is 7.99. The molecule has 0 radical (unpaired) electrons. The number of thioether (sulfide) groups is 1. The first-order valence-corrected chi connectivity index (χ1v) is 9.86. The number of aryl methyl sites for hydroxylation is 1. The van der Waals surface area contributed by atoms with Gasteiger partial charge in [-0.05, 0) is 61.4 Å². The molecule has 1 aromatic carbocycles. The number of rotatable bonds is 6. The smallest absolute Gasteiger partial charge is 0.0443 e. The Bertz CT molecular complexity index is 439. The first-order chi connectivity index (χ1) is 10.4. The SMILES string of the molecule is CCCNC1c2ccccc2CCC1SCC1CCCC1. The largest absolute Gasteiger partial charge is 0.309 e. The van der Waals surface area contributed by atoms with E-state index < -0.39 is 0 Å². The van der Waals surface area contributed by atoms with Crippen molar-refractivity contribution in [3.63, 3.8) is 0 Å². The first kappa shape index (κ1) is 15.4. The van der Waals surface area contributed by atoms with E-state index in [9.17, 15) is 0 Å². The molecule has 2 aliphatic rings. The standard InChI is InChI=1S/C19H29NS/c1-2-13-20-19-17-10-6-5-9-16(17)11-12-18(19)21-14-15-7-3-4-8-15/h5-6,9-10,15,18-20H,2-4,7-8,11-14H2,1H3. The summed E-state index contributed by atoms with van der Waals surface area (Å²) in [6.45, 7) is 3.40. The topological polar surface area (TPSA) is 12.0 Å². The molecule has 0 aliphatic heterocycles. The van der Waals surface area contributed by atoms with Crippen molar-refractivity contribution in [1.29, 1.82) is 0 Å². The third kappa shape index (κ3) is 3.84. The zero-order valence-electron chi connectivity index (χ0n) is 13.3. The zero-order valence-corrected chi connectivity index (χ0v) is 14.1. The molecule has 0 amide bonds. The van der Waals surface area contributed by atoms with Crippen molar-refractivity contribution in [2.75, 3.05) is 12.3 Å². The van der Waals surface area contributed by atoms with Gasteiger partial charge in [0, 0.05) is 11.3 Å². The van der Waals surface area contributed by atoms with Crippen LogP contribution in [0.2, 0.25) is 0 Å². The first-order valence-electron chi connectivity index (χ1n) is 8.81. The van der Waals surface area contributed by atoms with Crippen molar-refractivity contribution in [3.05, 3.63) is 35.4 Å². The van der Waals surface area contributed by atoms with Gasteiger partial charge in [0.2, 0.25) is 0 Å². The van der Waals surface area contributed by atoms with Gasteiger partial charge in [-0.1, -0.05) is 44.0 Å². The molecule has 0 bridgehead atoms. The minimum atomic E-state index is 0.571. The van der Waals surface area contributed by atoms with Crippen molar-refractivity contribution in [2.24, 2.45) is 5.92 Å². The van der Waals surface area contributed by atoms with Gasteiger partial charge < -0.3 is 5.32 Å². The van der Waals surface area contributed by atoms with Crippen molar-refractivity contribution in [3.8, 4) is 0 Å². The van der Waals surface area contributed by atoms with E-state index in [-0.39, 0.29) is 0 Å². The van der Waals surface area contributed by atoms with Crippen LogP contribution >= 0.6 is 11.8 Å². The second kappa shape index (κ2) is 7.69. The lowest BCUT2D eigenvalue weighted by molar-refractivity contribution is 0.471. The molecule has 1 nitrogen and oxygen atoms in total. The van der Waals surface area contributed by atoms with Gasteiger partial charge in [0.1, 0.15) is 0 Å². The summed E-state index contributed by atoms with van der Waals surface area (Å²) < 4.78 is 0. The van der Waals surface area contributed by atoms with E-state index in [1.165, 1.54) is 50.7 Å². The molecule has 2 unspecified atom stereocenters. The third-order valence-corrected chi connectivity index (χ3v) is 6.70. The van der Waals surface area contributed by atoms with E-state index in [1.54, 1.807) is 11.1 Å². The Labute approximate surface area is 134 Å². The fraction of sp³-hybridized carbons (Fsp3) is 0.684. The Morgan fingerprint density at radius 1 is 1.14 bits per heavy atom. The summed E-state index contributed by atoms with van der Waals surface area (Å²) >= 11 is 2.25. The summed E-state index contributed by atoms with van der Waals surface area (Å²) in [4.78, 5) is 0. The van der Waals surface area contributed by atoms with E-state index in [0.717, 1.165) is 17.7 Å². The maximum Gasteiger partial charge on any atom is 0.0443 e. The van der Waals surface area contributed by atoms with Gasteiger partial charge in [0.25, 0.3) is 0 Å². The normalized spacial score (nSPS) is 26.0. The highest BCUT2D eigenvalue weighted by Crippen LogP contribution is 2.39. The van der Waals surface area contributed by atoms with Crippen LogP contribution in [0.4, 0.5) is 0 Å². The fourth-order valence-electron chi connectivity index (χ4n) is 3.89. The lowest BCUT2D eigenvalue weighted by Crippen LogP contribution is -2.35. The van der Waals surface area contributed by atoms with Crippen LogP contribution in [-0.4, -0.2) is 17.5 Å². The van der Waals surface area contributed by atoms with Crippen LogP contribution in [0, 0.1) is 5.92 Å². The van der Waals surface area contributed by atoms with E-state index in [0.29, 0.717) is 6.04 Å². The third-order valence-electron chi connectivity index (χ3n) is 5.10. The van der Waals surface area contributed by atoms with E-state index in [2.05, 4.69) is 48.3 Å². The molecule has 1 fully saturated rings.